The van der Waals surface area contributed by atoms with Gasteiger partial charge in [0.05, 0.1) is 13.0 Å². The Morgan fingerprint density at radius 1 is 1.43 bits per heavy atom. The second-order valence-corrected chi connectivity index (χ2v) is 3.87. The van der Waals surface area contributed by atoms with Crippen molar-refractivity contribution in [2.75, 3.05) is 13.7 Å². The summed E-state index contributed by atoms with van der Waals surface area (Å²) in [6.45, 7) is 7.22. The van der Waals surface area contributed by atoms with E-state index in [0.29, 0.717) is 6.04 Å². The predicted molar refractivity (Wildman–Crippen MR) is 58.2 cm³/mol. The van der Waals surface area contributed by atoms with Gasteiger partial charge in [0.2, 0.25) is 0 Å². The van der Waals surface area contributed by atoms with Crippen molar-refractivity contribution >= 4 is 5.97 Å². The summed E-state index contributed by atoms with van der Waals surface area (Å²) >= 11 is 0. The Bertz CT molecular complexity index is 159. The highest BCUT2D eigenvalue weighted by Crippen LogP contribution is 2.07. The lowest BCUT2D eigenvalue weighted by Gasteiger charge is -2.16. The average Bonchev–Trinajstić information content (AvgIpc) is 2.16. The normalized spacial score (nSPS) is 14.9. The van der Waals surface area contributed by atoms with Crippen molar-refractivity contribution in [1.29, 1.82) is 0 Å². The third-order valence-corrected chi connectivity index (χ3v) is 2.33. The highest BCUT2D eigenvalue weighted by atomic mass is 16.5. The summed E-state index contributed by atoms with van der Waals surface area (Å²) < 4.78 is 4.67. The first kappa shape index (κ1) is 13.4. The number of nitrogens with one attached hydrogen (secondary N) is 1. The average molecular weight is 201 g/mol. The molecule has 0 rings (SSSR count). The first-order valence-corrected chi connectivity index (χ1v) is 5.43. The molecule has 0 aromatic rings. The highest BCUT2D eigenvalue weighted by Gasteiger charge is 2.15. The maximum absolute atomic E-state index is 11.1. The van der Waals surface area contributed by atoms with Gasteiger partial charge in [0.1, 0.15) is 0 Å². The van der Waals surface area contributed by atoms with Gasteiger partial charge in [-0.15, -0.1) is 0 Å². The van der Waals surface area contributed by atoms with Gasteiger partial charge in [-0.1, -0.05) is 20.3 Å². The lowest BCUT2D eigenvalue weighted by Crippen LogP contribution is -2.30. The minimum atomic E-state index is -0.117. The van der Waals surface area contributed by atoms with Crippen LogP contribution < -0.4 is 5.32 Å². The molecule has 84 valence electrons. The number of carbonyl (C=O) groups excluding carboxylic acids is 1. The van der Waals surface area contributed by atoms with Crippen molar-refractivity contribution in [2.24, 2.45) is 5.92 Å². The molecule has 0 bridgehead atoms. The first-order valence-electron chi connectivity index (χ1n) is 5.43. The Labute approximate surface area is 87.2 Å². The third-order valence-electron chi connectivity index (χ3n) is 2.33. The predicted octanol–water partition coefficient (Wildman–Crippen LogP) is 1.96. The van der Waals surface area contributed by atoms with E-state index in [4.69, 9.17) is 0 Å². The van der Waals surface area contributed by atoms with E-state index < -0.39 is 0 Å². The van der Waals surface area contributed by atoms with Crippen LogP contribution in [0.25, 0.3) is 0 Å². The van der Waals surface area contributed by atoms with Gasteiger partial charge in [-0.2, -0.15) is 0 Å². The number of carbonyl (C=O) groups is 1. The van der Waals surface area contributed by atoms with Crippen LogP contribution in [-0.2, 0) is 9.53 Å². The summed E-state index contributed by atoms with van der Waals surface area (Å²) in [5.41, 5.74) is 0. The van der Waals surface area contributed by atoms with E-state index in [9.17, 15) is 4.79 Å². The van der Waals surface area contributed by atoms with E-state index in [2.05, 4.69) is 23.9 Å². The van der Waals surface area contributed by atoms with Crippen LogP contribution in [0.2, 0.25) is 0 Å². The van der Waals surface area contributed by atoms with Crippen molar-refractivity contribution in [1.82, 2.24) is 5.32 Å². The summed E-state index contributed by atoms with van der Waals surface area (Å²) in [7, 11) is 1.44. The SMILES string of the molecule is CCCCNC(C)CC(C)C(=O)OC. The molecule has 0 radical (unpaired) electrons. The summed E-state index contributed by atoms with van der Waals surface area (Å²) in [5, 5.41) is 3.39. The molecule has 0 fully saturated rings. The molecule has 0 aromatic heterocycles. The van der Waals surface area contributed by atoms with Gasteiger partial charge < -0.3 is 10.1 Å². The maximum atomic E-state index is 11.1. The molecule has 2 atom stereocenters. The Kier molecular flexibility index (Phi) is 7.48. The van der Waals surface area contributed by atoms with Gasteiger partial charge in [-0.3, -0.25) is 4.79 Å². The van der Waals surface area contributed by atoms with Crippen LogP contribution in [0.3, 0.4) is 0 Å². The molecule has 3 nitrogen and oxygen atoms in total. The van der Waals surface area contributed by atoms with Gasteiger partial charge in [0, 0.05) is 6.04 Å². The zero-order valence-electron chi connectivity index (χ0n) is 9.80. The van der Waals surface area contributed by atoms with Gasteiger partial charge in [-0.05, 0) is 26.3 Å². The topological polar surface area (TPSA) is 38.3 Å². The minimum Gasteiger partial charge on any atom is -0.469 e. The Balaban J connectivity index is 3.59. The molecule has 0 aliphatic rings. The highest BCUT2D eigenvalue weighted by molar-refractivity contribution is 5.71. The molecule has 0 spiro atoms. The third kappa shape index (κ3) is 5.97. The quantitative estimate of drug-likeness (QED) is 0.505. The molecular weight excluding hydrogens is 178 g/mol. The monoisotopic (exact) mass is 201 g/mol. The van der Waals surface area contributed by atoms with Crippen LogP contribution in [0.15, 0.2) is 0 Å². The van der Waals surface area contributed by atoms with Crippen molar-refractivity contribution in [3.63, 3.8) is 0 Å². The second kappa shape index (κ2) is 7.80. The number of rotatable bonds is 7. The Morgan fingerprint density at radius 2 is 2.07 bits per heavy atom. The van der Waals surface area contributed by atoms with Crippen molar-refractivity contribution in [3.8, 4) is 0 Å². The number of hydrogen-bond acceptors (Lipinski definition) is 3. The van der Waals surface area contributed by atoms with Crippen molar-refractivity contribution < 1.29 is 9.53 Å². The number of hydrogen-bond donors (Lipinski definition) is 1. The van der Waals surface area contributed by atoms with Crippen LogP contribution in [0.5, 0.6) is 0 Å². The van der Waals surface area contributed by atoms with Crippen LogP contribution >= 0.6 is 0 Å². The zero-order valence-corrected chi connectivity index (χ0v) is 9.80. The largest absolute Gasteiger partial charge is 0.469 e. The molecule has 0 amide bonds. The van der Waals surface area contributed by atoms with Crippen LogP contribution in [0.4, 0.5) is 0 Å². The number of methoxy groups -OCH3 is 1. The summed E-state index contributed by atoms with van der Waals surface area (Å²) in [4.78, 5) is 11.1. The zero-order chi connectivity index (χ0) is 11.0. The van der Waals surface area contributed by atoms with E-state index in [1.54, 1.807) is 0 Å². The molecule has 0 aromatic carbocycles. The van der Waals surface area contributed by atoms with Gasteiger partial charge in [-0.25, -0.2) is 0 Å². The van der Waals surface area contributed by atoms with Crippen LogP contribution in [0, 0.1) is 5.92 Å². The van der Waals surface area contributed by atoms with E-state index in [1.165, 1.54) is 20.0 Å². The smallest absolute Gasteiger partial charge is 0.308 e. The lowest BCUT2D eigenvalue weighted by atomic mass is 10.0. The van der Waals surface area contributed by atoms with E-state index in [1.807, 2.05) is 6.92 Å². The van der Waals surface area contributed by atoms with E-state index >= 15 is 0 Å². The standard InChI is InChI=1S/C11H23NO2/c1-5-6-7-12-10(3)8-9(2)11(13)14-4/h9-10,12H,5-8H2,1-4H3. The molecule has 0 aliphatic heterocycles. The Morgan fingerprint density at radius 3 is 2.57 bits per heavy atom. The molecular formula is C11H23NO2. The van der Waals surface area contributed by atoms with E-state index in [0.717, 1.165) is 13.0 Å². The first-order chi connectivity index (χ1) is 6.61. The fourth-order valence-corrected chi connectivity index (χ4v) is 1.44. The molecule has 14 heavy (non-hydrogen) atoms. The van der Waals surface area contributed by atoms with Gasteiger partial charge in [0.15, 0.2) is 0 Å². The molecule has 2 unspecified atom stereocenters. The van der Waals surface area contributed by atoms with Crippen molar-refractivity contribution in [3.05, 3.63) is 0 Å². The van der Waals surface area contributed by atoms with Gasteiger partial charge >= 0.3 is 5.97 Å². The molecule has 0 saturated carbocycles. The fraction of sp³-hybridized carbons (Fsp3) is 0.909. The van der Waals surface area contributed by atoms with E-state index in [-0.39, 0.29) is 11.9 Å². The number of unbranched alkanes of at least 4 members (excludes halogenated alkanes) is 1. The minimum absolute atomic E-state index is 0.0101. The molecule has 1 N–H and O–H groups in total. The summed E-state index contributed by atoms with van der Waals surface area (Å²) in [6.07, 6.45) is 3.24. The Hall–Kier alpha value is -0.570. The molecule has 3 heteroatoms. The van der Waals surface area contributed by atoms with Gasteiger partial charge in [0.25, 0.3) is 0 Å². The molecule has 0 aliphatic carbocycles. The second-order valence-electron chi connectivity index (χ2n) is 3.87. The lowest BCUT2D eigenvalue weighted by molar-refractivity contribution is -0.145. The summed E-state index contributed by atoms with van der Waals surface area (Å²) in [5.74, 6) is -0.127. The molecule has 0 saturated heterocycles. The fourth-order valence-electron chi connectivity index (χ4n) is 1.44. The van der Waals surface area contributed by atoms with Crippen molar-refractivity contribution in [2.45, 2.75) is 46.1 Å². The number of esters is 1. The number of ether oxygens (including phenoxy) is 1. The summed E-state index contributed by atoms with van der Waals surface area (Å²) in [6, 6.07) is 0.385. The molecule has 0 heterocycles. The van der Waals surface area contributed by atoms with Crippen LogP contribution in [-0.4, -0.2) is 25.7 Å². The van der Waals surface area contributed by atoms with Crippen LogP contribution in [0.1, 0.15) is 40.0 Å². The maximum Gasteiger partial charge on any atom is 0.308 e.